The summed E-state index contributed by atoms with van der Waals surface area (Å²) in [6, 6.07) is 9.23. The lowest BCUT2D eigenvalue weighted by atomic mass is 10.2. The molecule has 0 saturated carbocycles. The molecule has 3 nitrogen and oxygen atoms in total. The number of rotatable bonds is 3. The van der Waals surface area contributed by atoms with E-state index in [1.54, 1.807) is 18.2 Å². The monoisotopic (exact) mass is 264 g/mol. The molecule has 100 valence electrons. The Hall–Kier alpha value is -2.30. The van der Waals surface area contributed by atoms with Crippen molar-refractivity contribution in [3.05, 3.63) is 48.0 Å². The molecule has 0 heterocycles. The van der Waals surface area contributed by atoms with Crippen molar-refractivity contribution >= 4 is 11.4 Å². The van der Waals surface area contributed by atoms with Gasteiger partial charge >= 0.3 is 0 Å². The van der Waals surface area contributed by atoms with Gasteiger partial charge in [0.15, 0.2) is 11.6 Å². The fourth-order valence-electron chi connectivity index (χ4n) is 1.59. The minimum absolute atomic E-state index is 0.0501. The third-order valence-electron chi connectivity index (χ3n) is 2.63. The lowest BCUT2D eigenvalue weighted by Gasteiger charge is -2.15. The molecule has 2 rings (SSSR count). The molecular weight excluding hydrogens is 250 g/mol. The normalized spacial score (nSPS) is 10.3. The van der Waals surface area contributed by atoms with Crippen molar-refractivity contribution in [3.8, 4) is 11.5 Å². The Morgan fingerprint density at radius 3 is 2.53 bits per heavy atom. The first-order valence-electron chi connectivity index (χ1n) is 5.67. The summed E-state index contributed by atoms with van der Waals surface area (Å²) in [6.07, 6.45) is 0. The first-order valence-corrected chi connectivity index (χ1v) is 5.67. The summed E-state index contributed by atoms with van der Waals surface area (Å²) in [4.78, 5) is 1.87. The molecule has 0 radical (unpaired) electrons. The van der Waals surface area contributed by atoms with E-state index in [-0.39, 0.29) is 11.4 Å². The van der Waals surface area contributed by atoms with Crippen molar-refractivity contribution in [1.29, 1.82) is 0 Å². The summed E-state index contributed by atoms with van der Waals surface area (Å²) < 4.78 is 32.1. The summed E-state index contributed by atoms with van der Waals surface area (Å²) in [5, 5.41) is 0. The lowest BCUT2D eigenvalue weighted by Crippen LogP contribution is -2.08. The topological polar surface area (TPSA) is 38.5 Å². The summed E-state index contributed by atoms with van der Waals surface area (Å²) >= 11 is 0. The Balaban J connectivity index is 2.36. The summed E-state index contributed by atoms with van der Waals surface area (Å²) in [6.45, 7) is 0. The molecule has 5 heteroatoms. The molecule has 19 heavy (non-hydrogen) atoms. The van der Waals surface area contributed by atoms with Gasteiger partial charge < -0.3 is 15.4 Å². The Labute approximate surface area is 110 Å². The summed E-state index contributed by atoms with van der Waals surface area (Å²) in [5.74, 6) is -1.98. The van der Waals surface area contributed by atoms with Crippen molar-refractivity contribution in [2.75, 3.05) is 24.7 Å². The number of halogens is 2. The van der Waals surface area contributed by atoms with E-state index in [0.717, 1.165) is 11.8 Å². The van der Waals surface area contributed by atoms with Crippen molar-refractivity contribution in [2.45, 2.75) is 0 Å². The van der Waals surface area contributed by atoms with Gasteiger partial charge in [-0.15, -0.1) is 0 Å². The molecule has 0 bridgehead atoms. The van der Waals surface area contributed by atoms with E-state index >= 15 is 0 Å². The molecule has 2 aromatic carbocycles. The van der Waals surface area contributed by atoms with Crippen LogP contribution in [0, 0.1) is 11.6 Å². The van der Waals surface area contributed by atoms with Gasteiger partial charge in [-0.3, -0.25) is 0 Å². The maximum Gasteiger partial charge on any atom is 0.203 e. The molecule has 0 spiro atoms. The van der Waals surface area contributed by atoms with E-state index < -0.39 is 11.6 Å². The first-order chi connectivity index (χ1) is 8.99. The number of nitrogens with zero attached hydrogens (tertiary/aromatic N) is 1. The average Bonchev–Trinajstić information content (AvgIpc) is 2.39. The smallest absolute Gasteiger partial charge is 0.203 e. The second-order valence-electron chi connectivity index (χ2n) is 4.27. The van der Waals surface area contributed by atoms with E-state index in [0.29, 0.717) is 5.75 Å². The summed E-state index contributed by atoms with van der Waals surface area (Å²) in [5.41, 5.74) is 6.53. The highest BCUT2D eigenvalue weighted by Crippen LogP contribution is 2.32. The van der Waals surface area contributed by atoms with Gasteiger partial charge in [0.05, 0.1) is 5.69 Å². The number of ether oxygens (including phenoxy) is 1. The van der Waals surface area contributed by atoms with E-state index in [1.807, 2.05) is 25.1 Å². The van der Waals surface area contributed by atoms with Crippen molar-refractivity contribution in [1.82, 2.24) is 0 Å². The number of hydrogen-bond acceptors (Lipinski definition) is 3. The molecule has 0 saturated heterocycles. The van der Waals surface area contributed by atoms with Crippen LogP contribution in [-0.4, -0.2) is 14.1 Å². The van der Waals surface area contributed by atoms with Gasteiger partial charge in [-0.2, -0.15) is 4.39 Å². The highest BCUT2D eigenvalue weighted by Gasteiger charge is 2.14. The van der Waals surface area contributed by atoms with Crippen molar-refractivity contribution < 1.29 is 13.5 Å². The molecule has 0 amide bonds. The number of hydrogen-bond donors (Lipinski definition) is 1. The van der Waals surface area contributed by atoms with Crippen LogP contribution >= 0.6 is 0 Å². The molecule has 2 aromatic rings. The van der Waals surface area contributed by atoms with Crippen LogP contribution in [0.15, 0.2) is 36.4 Å². The lowest BCUT2D eigenvalue weighted by molar-refractivity contribution is 0.418. The average molecular weight is 264 g/mol. The second kappa shape index (κ2) is 5.14. The zero-order chi connectivity index (χ0) is 14.0. The van der Waals surface area contributed by atoms with Crippen molar-refractivity contribution in [3.63, 3.8) is 0 Å². The number of nitrogens with two attached hydrogens (primary N) is 1. The number of benzene rings is 2. The SMILES string of the molecule is CN(C)c1cccc(Oc2c(N)ccc(F)c2F)c1. The predicted octanol–water partition coefficient (Wildman–Crippen LogP) is 3.41. The van der Waals surface area contributed by atoms with E-state index in [9.17, 15) is 8.78 Å². The third kappa shape index (κ3) is 2.76. The van der Waals surface area contributed by atoms with E-state index in [2.05, 4.69) is 0 Å². The molecule has 0 aliphatic carbocycles. The van der Waals surface area contributed by atoms with Gasteiger partial charge in [-0.25, -0.2) is 4.39 Å². The molecule has 0 aliphatic rings. The van der Waals surface area contributed by atoms with E-state index in [1.165, 1.54) is 6.07 Å². The van der Waals surface area contributed by atoms with Gasteiger partial charge in [-0.05, 0) is 24.3 Å². The molecular formula is C14H14F2N2O. The van der Waals surface area contributed by atoms with Crippen LogP contribution in [0.25, 0.3) is 0 Å². The molecule has 0 aromatic heterocycles. The van der Waals surface area contributed by atoms with Gasteiger partial charge in [-0.1, -0.05) is 6.07 Å². The summed E-state index contributed by atoms with van der Waals surface area (Å²) in [7, 11) is 3.74. The standard InChI is InChI=1S/C14H14F2N2O/c1-18(2)9-4-3-5-10(8-9)19-14-12(17)7-6-11(15)13(14)16/h3-8H,17H2,1-2H3. The van der Waals surface area contributed by atoms with Crippen LogP contribution in [0.5, 0.6) is 11.5 Å². The van der Waals surface area contributed by atoms with Crippen molar-refractivity contribution in [2.24, 2.45) is 0 Å². The zero-order valence-corrected chi connectivity index (χ0v) is 10.7. The Morgan fingerprint density at radius 1 is 1.11 bits per heavy atom. The van der Waals surface area contributed by atoms with Crippen LogP contribution < -0.4 is 15.4 Å². The highest BCUT2D eigenvalue weighted by molar-refractivity contribution is 5.56. The molecule has 2 N–H and O–H groups in total. The van der Waals surface area contributed by atoms with Gasteiger partial charge in [0, 0.05) is 25.8 Å². The Morgan fingerprint density at radius 2 is 1.84 bits per heavy atom. The van der Waals surface area contributed by atoms with Crippen LogP contribution in [-0.2, 0) is 0 Å². The third-order valence-corrected chi connectivity index (χ3v) is 2.63. The predicted molar refractivity (Wildman–Crippen MR) is 71.6 cm³/mol. The van der Waals surface area contributed by atoms with Gasteiger partial charge in [0.1, 0.15) is 5.75 Å². The molecule has 0 unspecified atom stereocenters. The quantitative estimate of drug-likeness (QED) is 0.863. The Kier molecular flexibility index (Phi) is 3.55. The minimum atomic E-state index is -1.09. The maximum atomic E-state index is 13.6. The number of anilines is 2. The zero-order valence-electron chi connectivity index (χ0n) is 10.7. The first kappa shape index (κ1) is 13.1. The second-order valence-corrected chi connectivity index (χ2v) is 4.27. The highest BCUT2D eigenvalue weighted by atomic mass is 19.2. The number of nitrogen functional groups attached to an aromatic ring is 1. The molecule has 0 atom stereocenters. The van der Waals surface area contributed by atoms with Crippen LogP contribution in [0.3, 0.4) is 0 Å². The fourth-order valence-corrected chi connectivity index (χ4v) is 1.59. The van der Waals surface area contributed by atoms with Crippen LogP contribution in [0.4, 0.5) is 20.2 Å². The molecule has 0 aliphatic heterocycles. The van der Waals surface area contributed by atoms with Crippen LogP contribution in [0.2, 0.25) is 0 Å². The van der Waals surface area contributed by atoms with Gasteiger partial charge in [0.25, 0.3) is 0 Å². The molecule has 0 fully saturated rings. The van der Waals surface area contributed by atoms with Gasteiger partial charge in [0.2, 0.25) is 5.82 Å². The van der Waals surface area contributed by atoms with E-state index in [4.69, 9.17) is 10.5 Å². The maximum absolute atomic E-state index is 13.6. The Bertz CT molecular complexity index is 600. The van der Waals surface area contributed by atoms with Crippen LogP contribution in [0.1, 0.15) is 0 Å². The minimum Gasteiger partial charge on any atom is -0.452 e. The fraction of sp³-hybridized carbons (Fsp3) is 0.143. The largest absolute Gasteiger partial charge is 0.452 e.